The Labute approximate surface area is 490 Å². The largest absolute Gasteiger partial charge is 0.748 e. The first-order chi connectivity index (χ1) is 38.3. The molecule has 472 valence electrons. The second-order valence-electron chi connectivity index (χ2n) is 30.1. The van der Waals surface area contributed by atoms with Crippen molar-refractivity contribution in [2.24, 2.45) is 124 Å². The van der Waals surface area contributed by atoms with Gasteiger partial charge in [0, 0.05) is 16.8 Å². The first-order valence-corrected chi connectivity index (χ1v) is 40.9. The maximum absolute atomic E-state index is 11.3. The molecule has 20 atom stereocenters. The van der Waals surface area contributed by atoms with Crippen LogP contribution >= 0.6 is 0 Å². The minimum absolute atomic E-state index is 0.133. The van der Waals surface area contributed by atoms with Gasteiger partial charge in [0.1, 0.15) is 10.1 Å². The predicted octanol–water partition coefficient (Wildman–Crippen LogP) is 8.29. The highest BCUT2D eigenvalue weighted by molar-refractivity contribution is 7.87. The summed E-state index contributed by atoms with van der Waals surface area (Å²) in [6.07, 6.45) is 32.1. The Hall–Kier alpha value is -0.540. The molecule has 0 heterocycles. The molecule has 20 unspecified atom stereocenters. The quantitative estimate of drug-likeness (QED) is 0.147. The van der Waals surface area contributed by atoms with Crippen molar-refractivity contribution < 1.29 is 77.8 Å². The van der Waals surface area contributed by atoms with E-state index in [4.69, 9.17) is 0 Å². The molecule has 17 fully saturated rings. The highest BCUT2D eigenvalue weighted by atomic mass is 32.2. The smallest absolute Gasteiger partial charge is 0.100 e. The van der Waals surface area contributed by atoms with Crippen molar-refractivity contribution in [3.05, 3.63) is 0 Å². The molecule has 0 aliphatic heterocycles. The van der Waals surface area contributed by atoms with Crippen molar-refractivity contribution >= 4 is 60.7 Å². The van der Waals surface area contributed by atoms with Crippen LogP contribution in [-0.2, 0) is 60.7 Å². The van der Waals surface area contributed by atoms with E-state index in [0.717, 1.165) is 110 Å². The minimum Gasteiger partial charge on any atom is -0.748 e. The second kappa shape index (κ2) is 23.7. The van der Waals surface area contributed by atoms with Crippen LogP contribution in [0.15, 0.2) is 0 Å². The average molecular weight is 1270 g/mol. The van der Waals surface area contributed by atoms with Gasteiger partial charge in [0.15, 0.2) is 0 Å². The molecule has 17 saturated carbocycles. The number of hydrogen-bond acceptors (Lipinski definition) is 18. The Bertz CT molecular complexity index is 2970. The summed E-state index contributed by atoms with van der Waals surface area (Å²) in [4.78, 5) is 0. The summed E-state index contributed by atoms with van der Waals surface area (Å²) < 4.78 is 194. The molecule has 0 aromatic rings. The molecule has 0 radical (unpaired) electrons. The minimum atomic E-state index is -4.07. The Morgan fingerprint density at radius 2 is 0.756 bits per heavy atom. The lowest BCUT2D eigenvalue weighted by atomic mass is 9.56. The van der Waals surface area contributed by atoms with Gasteiger partial charge in [0.05, 0.1) is 65.8 Å². The van der Waals surface area contributed by atoms with E-state index >= 15 is 0 Å². The molecule has 0 spiro atoms. The molecule has 17 aliphatic rings. The van der Waals surface area contributed by atoms with E-state index < -0.39 is 81.2 Å². The van der Waals surface area contributed by atoms with Crippen LogP contribution in [0.2, 0.25) is 0 Å². The fourth-order valence-electron chi connectivity index (χ4n) is 23.4. The van der Waals surface area contributed by atoms with Gasteiger partial charge in [-0.15, -0.1) is 0 Å². The van der Waals surface area contributed by atoms with E-state index in [1.807, 2.05) is 0 Å². The van der Waals surface area contributed by atoms with E-state index in [2.05, 4.69) is 0 Å². The Morgan fingerprint density at radius 1 is 0.317 bits per heavy atom. The normalized spacial score (nSPS) is 46.4. The van der Waals surface area contributed by atoms with Gasteiger partial charge in [-0.2, -0.15) is 0 Å². The summed E-state index contributed by atoms with van der Waals surface area (Å²) in [5, 5.41) is -1.65. The lowest BCUT2D eigenvalue weighted by Gasteiger charge is -2.57. The van der Waals surface area contributed by atoms with E-state index in [1.54, 1.807) is 0 Å². The fraction of sp³-hybridized carbons (Fsp3) is 1.00. The topological polar surface area (TPSA) is 343 Å². The number of hydrogen-bond donors (Lipinski definition) is 0. The molecule has 16 bridgehead atoms. The van der Waals surface area contributed by atoms with Crippen molar-refractivity contribution in [1.82, 2.24) is 0 Å². The summed E-state index contributed by atoms with van der Waals surface area (Å²) in [5.74, 6) is 14.0. The molecule has 0 aromatic carbocycles. The first-order valence-electron chi connectivity index (χ1n) is 32.0. The third-order valence-corrected chi connectivity index (χ3v) is 32.7. The molecule has 17 aliphatic carbocycles. The molecule has 0 saturated heterocycles. The molecule has 17 rings (SSSR count). The summed E-state index contributed by atoms with van der Waals surface area (Å²) >= 11 is 0. The second-order valence-corrected chi connectivity index (χ2v) is 39.8. The third-order valence-electron chi connectivity index (χ3n) is 25.8. The van der Waals surface area contributed by atoms with E-state index in [1.165, 1.54) is 96.3 Å². The lowest BCUT2D eigenvalue weighted by Crippen LogP contribution is -2.54. The zero-order valence-corrected chi connectivity index (χ0v) is 52.4. The van der Waals surface area contributed by atoms with Gasteiger partial charge < -0.3 is 27.3 Å². The van der Waals surface area contributed by atoms with E-state index in [0.29, 0.717) is 105 Å². The van der Waals surface area contributed by atoms with Gasteiger partial charge >= 0.3 is 0 Å². The van der Waals surface area contributed by atoms with Crippen LogP contribution in [0.1, 0.15) is 199 Å². The highest BCUT2D eigenvalue weighted by Gasteiger charge is 2.64. The number of rotatable bonds is 10. The number of fused-ring (bicyclic) bond motifs is 22. The van der Waals surface area contributed by atoms with Gasteiger partial charge in [-0.25, -0.2) is 50.5 Å². The van der Waals surface area contributed by atoms with Crippen LogP contribution in [0, 0.1) is 124 Å². The summed E-state index contributed by atoms with van der Waals surface area (Å²) in [6.45, 7) is 0. The standard InChI is InChI=1S/C14H22O3S.C12H18O3S.C10H16O3S.C9H16O3S.C7H12O3S.C6H12O3S/c15-18(16,17)4-3-8-5-11-7-12(8)14-10-2-1-9(6-10)13(11)14;13-16(14,15)10-5-8-4-9(10)12-7-2-1-6(3-7)11(8)12;11-14(12,13)10-4-7-1-8(5-10)3-9(2-7)6-10;10-13(11,12)4-3-9-6-7-1-2-8(9)5-7;8-11(9,10)7-4-5-1-2-6(7)3-5;7-10(8,9)6-4-2-1-3-5-6/h8-14H,1-7H2,(H,15,16,17);6-12H,1-5H2,(H,13,14,15);7-9H,1-6H2,(H,11,12,13);7-9H,1-6H2,(H,10,11,12);5-7H,1-4H2,(H,8,9,10);6H,1-5H2,(H,7,8,9)/p-6. The molecule has 0 amide bonds. The molecule has 82 heavy (non-hydrogen) atoms. The van der Waals surface area contributed by atoms with Crippen molar-refractivity contribution in [2.75, 3.05) is 11.5 Å². The SMILES string of the molecule is O=S(=O)([O-])C12CC3CC(CC(C3)C1)C2.O=S(=O)([O-])C1CC2CC1C1C3CCC(C3)C21.O=S(=O)([O-])C1CC2CCC1C2.O=S(=O)([O-])C1CCCCC1.O=S(=O)([O-])CCC1CC2CC1C1C3CCC(C3)C21.O=S(=O)([O-])CCC1CC2CCC1C2. The zero-order valence-electron chi connectivity index (χ0n) is 47.5. The van der Waals surface area contributed by atoms with Crippen LogP contribution in [0.25, 0.3) is 0 Å². The molecular weight excluding hydrogens is 1180 g/mol. The average Bonchev–Trinajstić information content (AvgIpc) is 3.41. The maximum atomic E-state index is 11.3. The van der Waals surface area contributed by atoms with Crippen LogP contribution in [0.3, 0.4) is 0 Å². The van der Waals surface area contributed by atoms with E-state index in [-0.39, 0.29) is 23.3 Å². The molecule has 18 nitrogen and oxygen atoms in total. The summed E-state index contributed by atoms with van der Waals surface area (Å²) in [5.41, 5.74) is 0. The highest BCUT2D eigenvalue weighted by Crippen LogP contribution is 2.70. The van der Waals surface area contributed by atoms with Crippen LogP contribution < -0.4 is 0 Å². The third kappa shape index (κ3) is 13.6. The van der Waals surface area contributed by atoms with Crippen LogP contribution in [-0.4, -0.2) is 110 Å². The Morgan fingerprint density at radius 3 is 1.16 bits per heavy atom. The molecule has 0 aromatic heterocycles. The van der Waals surface area contributed by atoms with Gasteiger partial charge in [0.2, 0.25) is 0 Å². The summed E-state index contributed by atoms with van der Waals surface area (Å²) in [6, 6.07) is 0. The van der Waals surface area contributed by atoms with Crippen molar-refractivity contribution in [2.45, 2.75) is 220 Å². The lowest BCUT2D eigenvalue weighted by molar-refractivity contribution is 0.0299. The van der Waals surface area contributed by atoms with Gasteiger partial charge in [-0.05, 0) is 291 Å². The van der Waals surface area contributed by atoms with Crippen molar-refractivity contribution in [3.63, 3.8) is 0 Å². The predicted molar refractivity (Wildman–Crippen MR) is 298 cm³/mol. The summed E-state index contributed by atoms with van der Waals surface area (Å²) in [7, 11) is -24.1. The van der Waals surface area contributed by atoms with Gasteiger partial charge in [-0.1, -0.05) is 32.1 Å². The zero-order chi connectivity index (χ0) is 58.7. The molecule has 0 N–H and O–H groups in total. The first kappa shape index (κ1) is 63.0. The van der Waals surface area contributed by atoms with E-state index in [9.17, 15) is 77.8 Å². The van der Waals surface area contributed by atoms with Crippen LogP contribution in [0.5, 0.6) is 0 Å². The van der Waals surface area contributed by atoms with Crippen molar-refractivity contribution in [1.29, 1.82) is 0 Å². The van der Waals surface area contributed by atoms with Crippen molar-refractivity contribution in [3.8, 4) is 0 Å². The molecular formula is C58H90O18S6-6. The fourth-order valence-corrected chi connectivity index (χ4v) is 29.3. The van der Waals surface area contributed by atoms with Gasteiger partial charge in [-0.3, -0.25) is 0 Å². The maximum Gasteiger partial charge on any atom is 0.100 e. The Balaban J connectivity index is 0.000000104. The van der Waals surface area contributed by atoms with Crippen LogP contribution in [0.4, 0.5) is 0 Å². The Kier molecular flexibility index (Phi) is 18.2. The van der Waals surface area contributed by atoms with Gasteiger partial charge in [0.25, 0.3) is 0 Å². The monoisotopic (exact) mass is 1270 g/mol. The molecule has 24 heteroatoms.